The van der Waals surface area contributed by atoms with Crippen LogP contribution in [-0.4, -0.2) is 53.3 Å². The maximum Gasteiger partial charge on any atom is 0.408 e. The average molecular weight is 424 g/mol. The molecule has 0 aliphatic heterocycles. The van der Waals surface area contributed by atoms with Crippen LogP contribution in [0, 0.1) is 6.92 Å². The van der Waals surface area contributed by atoms with Crippen LogP contribution >= 0.6 is 12.6 Å². The maximum absolute atomic E-state index is 13.1. The van der Waals surface area contributed by atoms with Gasteiger partial charge in [0.1, 0.15) is 17.7 Å². The van der Waals surface area contributed by atoms with Gasteiger partial charge in [0, 0.05) is 18.8 Å². The summed E-state index contributed by atoms with van der Waals surface area (Å²) in [5, 5.41) is 5.40. The van der Waals surface area contributed by atoms with Gasteiger partial charge in [0.05, 0.1) is 0 Å². The summed E-state index contributed by atoms with van der Waals surface area (Å²) >= 11 is 4.19. The van der Waals surface area contributed by atoms with Gasteiger partial charge in [-0.3, -0.25) is 9.59 Å². The fourth-order valence-electron chi connectivity index (χ4n) is 2.67. The molecule has 3 amide bonds. The molecular formula is C21H33N3O4S. The van der Waals surface area contributed by atoms with Crippen molar-refractivity contribution in [2.24, 2.45) is 0 Å². The molecule has 0 saturated carbocycles. The van der Waals surface area contributed by atoms with E-state index in [1.165, 1.54) is 4.90 Å². The van der Waals surface area contributed by atoms with Crippen LogP contribution in [0.5, 0.6) is 0 Å². The van der Waals surface area contributed by atoms with Gasteiger partial charge >= 0.3 is 6.09 Å². The van der Waals surface area contributed by atoms with Crippen molar-refractivity contribution in [2.75, 3.05) is 12.8 Å². The molecule has 0 bridgehead atoms. The Hall–Kier alpha value is -2.22. The lowest BCUT2D eigenvalue weighted by Gasteiger charge is -2.31. The van der Waals surface area contributed by atoms with E-state index in [2.05, 4.69) is 23.3 Å². The molecule has 2 N–H and O–H groups in total. The van der Waals surface area contributed by atoms with Gasteiger partial charge < -0.3 is 20.3 Å². The Balaban J connectivity index is 3.10. The summed E-state index contributed by atoms with van der Waals surface area (Å²) in [6, 6.07) is 5.56. The molecule has 0 heterocycles. The molecule has 2 atom stereocenters. The van der Waals surface area contributed by atoms with Gasteiger partial charge in [0.25, 0.3) is 0 Å². The van der Waals surface area contributed by atoms with Crippen LogP contribution in [0.15, 0.2) is 24.3 Å². The van der Waals surface area contributed by atoms with E-state index in [-0.39, 0.29) is 17.7 Å². The SMILES string of the molecule is Cc1ccc(C(C(=O)NC(C)C)N(C)C(=O)C(CS)NC(=O)OC(C)(C)C)cc1. The van der Waals surface area contributed by atoms with Gasteiger partial charge in [-0.1, -0.05) is 29.8 Å². The lowest BCUT2D eigenvalue weighted by atomic mass is 10.0. The molecule has 7 nitrogen and oxygen atoms in total. The Morgan fingerprint density at radius 1 is 1.10 bits per heavy atom. The molecule has 1 aromatic rings. The quantitative estimate of drug-likeness (QED) is 0.589. The predicted octanol–water partition coefficient (Wildman–Crippen LogP) is 2.84. The zero-order valence-electron chi connectivity index (χ0n) is 18.3. The third kappa shape index (κ3) is 7.97. The van der Waals surface area contributed by atoms with Crippen molar-refractivity contribution in [3.05, 3.63) is 35.4 Å². The van der Waals surface area contributed by atoms with Crippen LogP contribution in [0.2, 0.25) is 0 Å². The first-order chi connectivity index (χ1) is 13.4. The summed E-state index contributed by atoms with van der Waals surface area (Å²) < 4.78 is 5.22. The van der Waals surface area contributed by atoms with Gasteiger partial charge in [-0.25, -0.2) is 4.79 Å². The number of benzene rings is 1. The summed E-state index contributed by atoms with van der Waals surface area (Å²) in [6.45, 7) is 10.9. The molecule has 1 aromatic carbocycles. The summed E-state index contributed by atoms with van der Waals surface area (Å²) in [4.78, 5) is 39.4. The molecule has 0 aliphatic carbocycles. The van der Waals surface area contributed by atoms with E-state index in [9.17, 15) is 14.4 Å². The number of carbonyl (C=O) groups excluding carboxylic acids is 3. The zero-order valence-corrected chi connectivity index (χ0v) is 19.2. The Morgan fingerprint density at radius 2 is 1.66 bits per heavy atom. The topological polar surface area (TPSA) is 87.7 Å². The Labute approximate surface area is 179 Å². The van der Waals surface area contributed by atoms with E-state index in [4.69, 9.17) is 4.74 Å². The second-order valence-corrected chi connectivity index (χ2v) is 8.67. The molecule has 0 fully saturated rings. The number of amides is 3. The number of nitrogens with zero attached hydrogens (tertiary/aromatic N) is 1. The first-order valence-electron chi connectivity index (χ1n) is 9.59. The van der Waals surface area contributed by atoms with Gasteiger partial charge in [-0.05, 0) is 47.1 Å². The van der Waals surface area contributed by atoms with E-state index in [0.717, 1.165) is 5.56 Å². The fraction of sp³-hybridized carbons (Fsp3) is 0.571. The minimum atomic E-state index is -0.932. The van der Waals surface area contributed by atoms with Crippen LogP contribution in [-0.2, 0) is 14.3 Å². The zero-order chi connectivity index (χ0) is 22.4. The van der Waals surface area contributed by atoms with Crippen LogP contribution in [0.25, 0.3) is 0 Å². The Morgan fingerprint density at radius 3 is 2.10 bits per heavy atom. The number of rotatable bonds is 7. The highest BCUT2D eigenvalue weighted by Crippen LogP contribution is 2.22. The van der Waals surface area contributed by atoms with Gasteiger partial charge in [0.15, 0.2) is 0 Å². The van der Waals surface area contributed by atoms with Crippen molar-refractivity contribution in [1.29, 1.82) is 0 Å². The van der Waals surface area contributed by atoms with E-state index in [0.29, 0.717) is 5.56 Å². The third-order valence-corrected chi connectivity index (χ3v) is 4.34. The number of hydrogen-bond acceptors (Lipinski definition) is 5. The molecular weight excluding hydrogens is 390 g/mol. The second kappa shape index (κ2) is 10.5. The number of hydrogen-bond donors (Lipinski definition) is 3. The van der Waals surface area contributed by atoms with Crippen molar-refractivity contribution < 1.29 is 19.1 Å². The minimum absolute atomic E-state index is 0.0643. The number of aryl methyl sites for hydroxylation is 1. The summed E-state index contributed by atoms with van der Waals surface area (Å²) in [5.41, 5.74) is 1.03. The average Bonchev–Trinajstić information content (AvgIpc) is 2.58. The standard InChI is InChI=1S/C21H33N3O4S/c1-13(2)22-18(25)17(15-10-8-14(3)9-11-15)24(7)19(26)16(12-29)23-20(27)28-21(4,5)6/h8-11,13,16-17,29H,12H2,1-7H3,(H,22,25)(H,23,27). The molecule has 8 heteroatoms. The lowest BCUT2D eigenvalue weighted by molar-refractivity contribution is -0.140. The highest BCUT2D eigenvalue weighted by Gasteiger charge is 2.33. The largest absolute Gasteiger partial charge is 0.444 e. The van der Waals surface area contributed by atoms with Crippen molar-refractivity contribution in [1.82, 2.24) is 15.5 Å². The number of carbonyl (C=O) groups is 3. The first kappa shape index (κ1) is 24.8. The monoisotopic (exact) mass is 423 g/mol. The van der Waals surface area contributed by atoms with Crippen molar-refractivity contribution >= 4 is 30.5 Å². The molecule has 2 unspecified atom stereocenters. The molecule has 0 saturated heterocycles. The van der Waals surface area contributed by atoms with Gasteiger partial charge in [-0.15, -0.1) is 0 Å². The van der Waals surface area contributed by atoms with Crippen LogP contribution in [0.1, 0.15) is 51.8 Å². The van der Waals surface area contributed by atoms with Crippen LogP contribution < -0.4 is 10.6 Å². The first-order valence-corrected chi connectivity index (χ1v) is 10.2. The van der Waals surface area contributed by atoms with Crippen molar-refractivity contribution in [3.8, 4) is 0 Å². The number of likely N-dealkylation sites (N-methyl/N-ethyl adjacent to an activating group) is 1. The van der Waals surface area contributed by atoms with Gasteiger partial charge in [0.2, 0.25) is 11.8 Å². The normalized spacial score (nSPS) is 13.4. The molecule has 0 aromatic heterocycles. The predicted molar refractivity (Wildman–Crippen MR) is 117 cm³/mol. The molecule has 1 rings (SSSR count). The minimum Gasteiger partial charge on any atom is -0.444 e. The molecule has 0 radical (unpaired) electrons. The molecule has 162 valence electrons. The van der Waals surface area contributed by atoms with E-state index in [1.54, 1.807) is 27.8 Å². The Bertz CT molecular complexity index is 714. The fourth-order valence-corrected chi connectivity index (χ4v) is 2.92. The van der Waals surface area contributed by atoms with Crippen molar-refractivity contribution in [3.63, 3.8) is 0 Å². The molecule has 29 heavy (non-hydrogen) atoms. The van der Waals surface area contributed by atoms with E-state index >= 15 is 0 Å². The smallest absolute Gasteiger partial charge is 0.408 e. The third-order valence-electron chi connectivity index (χ3n) is 3.98. The Kier molecular flexibility index (Phi) is 9.01. The highest BCUT2D eigenvalue weighted by atomic mass is 32.1. The summed E-state index contributed by atoms with van der Waals surface area (Å²) in [6.07, 6.45) is -0.711. The molecule has 0 spiro atoms. The van der Waals surface area contributed by atoms with Gasteiger partial charge in [-0.2, -0.15) is 12.6 Å². The molecule has 0 aliphatic rings. The lowest BCUT2D eigenvalue weighted by Crippen LogP contribution is -2.52. The maximum atomic E-state index is 13.1. The summed E-state index contributed by atoms with van der Waals surface area (Å²) in [5.74, 6) is -0.667. The van der Waals surface area contributed by atoms with Crippen molar-refractivity contribution in [2.45, 2.75) is 65.3 Å². The van der Waals surface area contributed by atoms with Crippen LogP contribution in [0.4, 0.5) is 4.79 Å². The highest BCUT2D eigenvalue weighted by molar-refractivity contribution is 7.80. The van der Waals surface area contributed by atoms with E-state index in [1.807, 2.05) is 45.0 Å². The number of nitrogens with one attached hydrogen (secondary N) is 2. The second-order valence-electron chi connectivity index (χ2n) is 8.31. The van der Waals surface area contributed by atoms with E-state index < -0.39 is 29.7 Å². The number of thiol groups is 1. The number of alkyl carbamates (subject to hydrolysis) is 1. The van der Waals surface area contributed by atoms with Crippen LogP contribution in [0.3, 0.4) is 0 Å². The number of ether oxygens (including phenoxy) is 1. The summed E-state index contributed by atoms with van der Waals surface area (Å²) in [7, 11) is 1.54.